The summed E-state index contributed by atoms with van der Waals surface area (Å²) in [5.74, 6) is 0.793. The van der Waals surface area contributed by atoms with Gasteiger partial charge in [-0.25, -0.2) is 9.97 Å². The van der Waals surface area contributed by atoms with Crippen LogP contribution in [0, 0.1) is 0 Å². The molecule has 0 radical (unpaired) electrons. The Morgan fingerprint density at radius 3 is 2.71 bits per heavy atom. The number of aryl methyl sites for hydroxylation is 3. The minimum Gasteiger partial charge on any atom is -0.339 e. The van der Waals surface area contributed by atoms with E-state index in [1.165, 1.54) is 21.9 Å². The average molecular weight is 338 g/mol. The third-order valence-electron chi connectivity index (χ3n) is 4.66. The molecule has 120 valence electrons. The Hall–Kier alpha value is -2.66. The lowest BCUT2D eigenvalue weighted by atomic mass is 10.0. The maximum atomic E-state index is 4.41. The topological polar surface area (TPSA) is 55.6 Å². The second-order valence-corrected chi connectivity index (χ2v) is 5.96. The Kier molecular flexibility index (Phi) is 3.39. The highest BCUT2D eigenvalue weighted by atomic mass is 35.5. The molecule has 24 heavy (non-hydrogen) atoms. The van der Waals surface area contributed by atoms with E-state index in [-0.39, 0.29) is 12.4 Å². The van der Waals surface area contributed by atoms with E-state index in [4.69, 9.17) is 0 Å². The third kappa shape index (κ3) is 2.05. The zero-order valence-electron chi connectivity index (χ0n) is 13.2. The molecule has 0 aliphatic heterocycles. The van der Waals surface area contributed by atoms with E-state index in [0.29, 0.717) is 0 Å². The van der Waals surface area contributed by atoms with Gasteiger partial charge in [0.15, 0.2) is 5.65 Å². The molecule has 2 aromatic carbocycles. The zero-order valence-corrected chi connectivity index (χ0v) is 14.0. The Bertz CT molecular complexity index is 1060. The summed E-state index contributed by atoms with van der Waals surface area (Å²) in [7, 11) is 1.89. The van der Waals surface area contributed by atoms with Gasteiger partial charge in [0.05, 0.1) is 11.6 Å². The lowest BCUT2D eigenvalue weighted by Crippen LogP contribution is -1.98. The standard InChI is InChI=1S/C18H15N5.ClH/c1-23-18-14(9-21-23)17(19-10-20-18)22-15-8-7-12-6-5-11-3-2-4-13(15)16(11)12;/h2-4,7-10H,5-6H2,1H3,(H,19,20,22);1H. The average Bonchev–Trinajstić information content (AvgIpc) is 3.17. The molecule has 0 saturated carbocycles. The monoisotopic (exact) mass is 337 g/mol. The van der Waals surface area contributed by atoms with Gasteiger partial charge < -0.3 is 5.32 Å². The molecule has 6 heteroatoms. The molecule has 1 N–H and O–H groups in total. The molecule has 5 nitrogen and oxygen atoms in total. The molecule has 2 heterocycles. The number of benzene rings is 2. The van der Waals surface area contributed by atoms with Gasteiger partial charge in [0.1, 0.15) is 12.1 Å². The number of hydrogen-bond donors (Lipinski definition) is 1. The van der Waals surface area contributed by atoms with Crippen molar-refractivity contribution in [1.29, 1.82) is 0 Å². The van der Waals surface area contributed by atoms with Crippen molar-refractivity contribution in [3.8, 4) is 0 Å². The summed E-state index contributed by atoms with van der Waals surface area (Å²) in [5.41, 5.74) is 4.79. The van der Waals surface area contributed by atoms with Gasteiger partial charge in [-0.3, -0.25) is 4.68 Å². The van der Waals surface area contributed by atoms with Crippen LogP contribution in [0.5, 0.6) is 0 Å². The van der Waals surface area contributed by atoms with Gasteiger partial charge in [0.2, 0.25) is 0 Å². The van der Waals surface area contributed by atoms with Crippen LogP contribution >= 0.6 is 12.4 Å². The van der Waals surface area contributed by atoms with Crippen molar-refractivity contribution in [2.45, 2.75) is 12.8 Å². The van der Waals surface area contributed by atoms with Gasteiger partial charge in [-0.2, -0.15) is 5.10 Å². The SMILES string of the molecule is Cl.Cn1ncc2c(Nc3ccc4c5c(cccc35)CC4)ncnc21. The number of hydrogen-bond acceptors (Lipinski definition) is 4. The number of rotatable bonds is 2. The smallest absolute Gasteiger partial charge is 0.163 e. The first kappa shape index (κ1) is 14.9. The minimum absolute atomic E-state index is 0. The number of anilines is 2. The summed E-state index contributed by atoms with van der Waals surface area (Å²) < 4.78 is 1.76. The zero-order chi connectivity index (χ0) is 15.4. The van der Waals surface area contributed by atoms with E-state index < -0.39 is 0 Å². The van der Waals surface area contributed by atoms with Crippen LogP contribution in [-0.4, -0.2) is 19.7 Å². The molecule has 0 unspecified atom stereocenters. The van der Waals surface area contributed by atoms with E-state index in [9.17, 15) is 0 Å². The number of halogens is 1. The maximum Gasteiger partial charge on any atom is 0.163 e. The summed E-state index contributed by atoms with van der Waals surface area (Å²) in [6.45, 7) is 0. The molecule has 1 aliphatic carbocycles. The minimum atomic E-state index is 0. The first-order valence-corrected chi connectivity index (χ1v) is 7.74. The van der Waals surface area contributed by atoms with E-state index >= 15 is 0 Å². The van der Waals surface area contributed by atoms with Gasteiger partial charge >= 0.3 is 0 Å². The van der Waals surface area contributed by atoms with Crippen molar-refractivity contribution in [1.82, 2.24) is 19.7 Å². The van der Waals surface area contributed by atoms with E-state index in [1.54, 1.807) is 17.2 Å². The van der Waals surface area contributed by atoms with E-state index in [2.05, 4.69) is 50.7 Å². The summed E-state index contributed by atoms with van der Waals surface area (Å²) in [4.78, 5) is 8.70. The Morgan fingerprint density at radius 2 is 1.83 bits per heavy atom. The fraction of sp³-hybridized carbons (Fsp3) is 0.167. The van der Waals surface area contributed by atoms with Gasteiger partial charge in [-0.15, -0.1) is 12.4 Å². The molecular formula is C18H16ClN5. The fourth-order valence-electron chi connectivity index (χ4n) is 3.55. The molecule has 0 amide bonds. The van der Waals surface area contributed by atoms with Crippen LogP contribution in [0.2, 0.25) is 0 Å². The molecule has 2 aromatic heterocycles. The number of nitrogens with zero attached hydrogens (tertiary/aromatic N) is 4. The van der Waals surface area contributed by atoms with Crippen LogP contribution in [0.1, 0.15) is 11.1 Å². The number of fused-ring (bicyclic) bond motifs is 1. The highest BCUT2D eigenvalue weighted by molar-refractivity contribution is 6.01. The van der Waals surface area contributed by atoms with E-state index in [1.807, 2.05) is 7.05 Å². The normalized spacial score (nSPS) is 12.5. The van der Waals surface area contributed by atoms with Crippen molar-refractivity contribution in [2.24, 2.45) is 7.05 Å². The molecule has 5 rings (SSSR count). The highest BCUT2D eigenvalue weighted by Crippen LogP contribution is 2.36. The quantitative estimate of drug-likeness (QED) is 0.604. The Balaban J connectivity index is 0.00000146. The summed E-state index contributed by atoms with van der Waals surface area (Å²) in [5, 5.41) is 11.3. The first-order valence-electron chi connectivity index (χ1n) is 7.74. The Morgan fingerprint density at radius 1 is 1.00 bits per heavy atom. The molecule has 4 aromatic rings. The van der Waals surface area contributed by atoms with Gasteiger partial charge in [0.25, 0.3) is 0 Å². The summed E-state index contributed by atoms with van der Waals surface area (Å²) in [6, 6.07) is 10.9. The maximum absolute atomic E-state index is 4.41. The number of aromatic nitrogens is 4. The van der Waals surface area contributed by atoms with Crippen molar-refractivity contribution in [3.05, 3.63) is 54.0 Å². The van der Waals surface area contributed by atoms with Crippen LogP contribution in [-0.2, 0) is 19.9 Å². The van der Waals surface area contributed by atoms with Crippen molar-refractivity contribution < 1.29 is 0 Å². The predicted molar refractivity (Wildman–Crippen MR) is 98.2 cm³/mol. The van der Waals surface area contributed by atoms with Crippen molar-refractivity contribution in [3.63, 3.8) is 0 Å². The lowest BCUT2D eigenvalue weighted by molar-refractivity contribution is 0.785. The molecule has 0 atom stereocenters. The van der Waals surface area contributed by atoms with Crippen LogP contribution in [0.3, 0.4) is 0 Å². The predicted octanol–water partition coefficient (Wildman–Crippen LogP) is 3.78. The summed E-state index contributed by atoms with van der Waals surface area (Å²) in [6.07, 6.45) is 5.65. The van der Waals surface area contributed by atoms with Crippen molar-refractivity contribution in [2.75, 3.05) is 5.32 Å². The summed E-state index contributed by atoms with van der Waals surface area (Å²) >= 11 is 0. The van der Waals surface area contributed by atoms with Crippen molar-refractivity contribution >= 4 is 45.7 Å². The third-order valence-corrected chi connectivity index (χ3v) is 4.66. The van der Waals surface area contributed by atoms with Gasteiger partial charge in [-0.1, -0.05) is 24.3 Å². The van der Waals surface area contributed by atoms with Crippen LogP contribution in [0.25, 0.3) is 21.8 Å². The van der Waals surface area contributed by atoms with Crippen LogP contribution in [0.4, 0.5) is 11.5 Å². The molecular weight excluding hydrogens is 322 g/mol. The molecule has 1 aliphatic rings. The molecule has 0 fully saturated rings. The second kappa shape index (κ2) is 5.46. The van der Waals surface area contributed by atoms with Gasteiger partial charge in [-0.05, 0) is 35.4 Å². The number of nitrogens with one attached hydrogen (secondary N) is 1. The first-order chi connectivity index (χ1) is 11.3. The molecule has 0 saturated heterocycles. The Labute approximate surface area is 145 Å². The fourth-order valence-corrected chi connectivity index (χ4v) is 3.55. The second-order valence-electron chi connectivity index (χ2n) is 5.96. The van der Waals surface area contributed by atoms with E-state index in [0.717, 1.165) is 35.4 Å². The van der Waals surface area contributed by atoms with Crippen LogP contribution in [0.15, 0.2) is 42.9 Å². The lowest BCUT2D eigenvalue weighted by Gasteiger charge is -2.11. The molecule has 0 spiro atoms. The highest BCUT2D eigenvalue weighted by Gasteiger charge is 2.16. The van der Waals surface area contributed by atoms with Gasteiger partial charge in [0, 0.05) is 18.1 Å². The van der Waals surface area contributed by atoms with Crippen LogP contribution < -0.4 is 5.32 Å². The largest absolute Gasteiger partial charge is 0.339 e. The molecule has 0 bridgehead atoms.